The predicted molar refractivity (Wildman–Crippen MR) is 98.5 cm³/mol. The van der Waals surface area contributed by atoms with Crippen LogP contribution in [0.15, 0.2) is 54.6 Å². The van der Waals surface area contributed by atoms with Crippen molar-refractivity contribution >= 4 is 11.7 Å². The Morgan fingerprint density at radius 1 is 1.04 bits per heavy atom. The van der Waals surface area contributed by atoms with Crippen molar-refractivity contribution in [2.24, 2.45) is 0 Å². The van der Waals surface area contributed by atoms with E-state index in [0.717, 1.165) is 11.3 Å². The van der Waals surface area contributed by atoms with E-state index >= 15 is 0 Å². The van der Waals surface area contributed by atoms with E-state index in [4.69, 9.17) is 9.47 Å². The van der Waals surface area contributed by atoms with Gasteiger partial charge in [-0.25, -0.2) is 0 Å². The maximum Gasteiger partial charge on any atom is 0.230 e. The summed E-state index contributed by atoms with van der Waals surface area (Å²) in [7, 11) is 1.60. The van der Waals surface area contributed by atoms with Crippen LogP contribution in [0.5, 0.6) is 5.75 Å². The van der Waals surface area contributed by atoms with Crippen molar-refractivity contribution in [2.75, 3.05) is 33.4 Å². The third kappa shape index (κ3) is 4.29. The summed E-state index contributed by atoms with van der Waals surface area (Å²) in [5.74, 6) is 0.156. The Hall–Kier alpha value is -2.66. The van der Waals surface area contributed by atoms with E-state index in [1.165, 1.54) is 0 Å². The second-order valence-electron chi connectivity index (χ2n) is 6.26. The predicted octanol–water partition coefficient (Wildman–Crippen LogP) is 2.91. The van der Waals surface area contributed by atoms with Crippen LogP contribution in [-0.4, -0.2) is 50.0 Å². The first-order chi connectivity index (χ1) is 12.7. The van der Waals surface area contributed by atoms with Crippen LogP contribution in [0.4, 0.5) is 0 Å². The van der Waals surface area contributed by atoms with Gasteiger partial charge < -0.3 is 14.4 Å². The summed E-state index contributed by atoms with van der Waals surface area (Å²) < 4.78 is 10.5. The lowest BCUT2D eigenvalue weighted by Gasteiger charge is -2.30. The highest BCUT2D eigenvalue weighted by atomic mass is 16.5. The minimum Gasteiger partial charge on any atom is -0.497 e. The van der Waals surface area contributed by atoms with Gasteiger partial charge in [0.05, 0.1) is 26.2 Å². The number of carbonyl (C=O) groups is 2. The average Bonchev–Trinajstić information content (AvgIpc) is 2.73. The van der Waals surface area contributed by atoms with Crippen molar-refractivity contribution in [3.63, 3.8) is 0 Å². The molecule has 1 heterocycles. The average molecular weight is 353 g/mol. The Balaban J connectivity index is 1.84. The van der Waals surface area contributed by atoms with Crippen LogP contribution in [-0.2, 0) is 9.53 Å². The number of ether oxygens (including phenoxy) is 2. The number of methoxy groups -OCH3 is 1. The van der Waals surface area contributed by atoms with Gasteiger partial charge in [0.1, 0.15) is 5.75 Å². The van der Waals surface area contributed by atoms with Crippen molar-refractivity contribution in [3.8, 4) is 5.75 Å². The molecule has 2 aromatic carbocycles. The highest BCUT2D eigenvalue weighted by Gasteiger charge is 2.29. The Morgan fingerprint density at radius 2 is 1.69 bits per heavy atom. The van der Waals surface area contributed by atoms with Gasteiger partial charge in [-0.2, -0.15) is 0 Å². The molecule has 5 heteroatoms. The van der Waals surface area contributed by atoms with E-state index in [1.54, 1.807) is 24.1 Å². The molecule has 0 N–H and O–H groups in total. The van der Waals surface area contributed by atoms with Crippen molar-refractivity contribution in [1.82, 2.24) is 4.90 Å². The molecule has 1 atom stereocenters. The van der Waals surface area contributed by atoms with Gasteiger partial charge in [-0.1, -0.05) is 42.5 Å². The molecule has 0 aromatic heterocycles. The molecule has 0 aliphatic carbocycles. The number of rotatable bonds is 6. The highest BCUT2D eigenvalue weighted by Crippen LogP contribution is 2.27. The highest BCUT2D eigenvalue weighted by molar-refractivity contribution is 6.00. The van der Waals surface area contributed by atoms with Crippen LogP contribution in [0.2, 0.25) is 0 Å². The summed E-state index contributed by atoms with van der Waals surface area (Å²) in [6.07, 6.45) is 0.145. The molecular weight excluding hydrogens is 330 g/mol. The lowest BCUT2D eigenvalue weighted by Crippen LogP contribution is -2.43. The van der Waals surface area contributed by atoms with Crippen LogP contribution < -0.4 is 4.74 Å². The molecule has 2 aromatic rings. The molecule has 1 fully saturated rings. The molecule has 0 unspecified atom stereocenters. The van der Waals surface area contributed by atoms with Crippen molar-refractivity contribution < 1.29 is 19.1 Å². The van der Waals surface area contributed by atoms with Gasteiger partial charge >= 0.3 is 0 Å². The lowest BCUT2D eigenvalue weighted by molar-refractivity contribution is -0.136. The molecular formula is C21H23NO4. The number of carbonyl (C=O) groups excluding carboxylic acids is 2. The molecule has 0 radical (unpaired) electrons. The number of hydrogen-bond acceptors (Lipinski definition) is 4. The zero-order chi connectivity index (χ0) is 18.4. The summed E-state index contributed by atoms with van der Waals surface area (Å²) in [4.78, 5) is 27.6. The van der Waals surface area contributed by atoms with Gasteiger partial charge in [0.2, 0.25) is 5.91 Å². The molecule has 1 aliphatic heterocycles. The quantitative estimate of drug-likeness (QED) is 0.750. The standard InChI is InChI=1S/C21H23NO4/c1-25-18-9-7-16(8-10-18)19(21(24)22-11-13-26-14-12-22)15-20(23)17-5-3-2-4-6-17/h2-10,19H,11-15H2,1H3/t19-/m1/s1. The first-order valence-electron chi connectivity index (χ1n) is 8.78. The number of benzene rings is 2. The molecule has 1 amide bonds. The van der Waals surface area contributed by atoms with E-state index in [9.17, 15) is 9.59 Å². The maximum atomic E-state index is 13.1. The van der Waals surface area contributed by atoms with Crippen molar-refractivity contribution in [3.05, 3.63) is 65.7 Å². The molecule has 136 valence electrons. The van der Waals surface area contributed by atoms with Gasteiger partial charge in [-0.15, -0.1) is 0 Å². The van der Waals surface area contributed by atoms with Gasteiger partial charge in [0.15, 0.2) is 5.78 Å². The Morgan fingerprint density at radius 3 is 2.31 bits per heavy atom. The summed E-state index contributed by atoms with van der Waals surface area (Å²) in [5.41, 5.74) is 1.45. The van der Waals surface area contributed by atoms with Gasteiger partial charge in [0.25, 0.3) is 0 Å². The zero-order valence-electron chi connectivity index (χ0n) is 14.9. The van der Waals surface area contributed by atoms with E-state index in [1.807, 2.05) is 42.5 Å². The third-order valence-electron chi connectivity index (χ3n) is 4.62. The van der Waals surface area contributed by atoms with Gasteiger partial charge in [-0.3, -0.25) is 9.59 Å². The summed E-state index contributed by atoms with van der Waals surface area (Å²) in [6.45, 7) is 2.19. The number of amides is 1. The monoisotopic (exact) mass is 353 g/mol. The molecule has 3 rings (SSSR count). The van der Waals surface area contributed by atoms with E-state index < -0.39 is 5.92 Å². The fourth-order valence-electron chi connectivity index (χ4n) is 3.12. The van der Waals surface area contributed by atoms with Crippen LogP contribution in [0.3, 0.4) is 0 Å². The summed E-state index contributed by atoms with van der Waals surface area (Å²) >= 11 is 0. The topological polar surface area (TPSA) is 55.8 Å². The Labute approximate surface area is 153 Å². The number of hydrogen-bond donors (Lipinski definition) is 0. The second kappa shape index (κ2) is 8.63. The number of nitrogens with zero attached hydrogens (tertiary/aromatic N) is 1. The van der Waals surface area contributed by atoms with E-state index in [2.05, 4.69) is 0 Å². The zero-order valence-corrected chi connectivity index (χ0v) is 14.9. The Kier molecular flexibility index (Phi) is 6.02. The van der Waals surface area contributed by atoms with E-state index in [-0.39, 0.29) is 18.1 Å². The minimum absolute atomic E-state index is 0.0252. The number of ketones is 1. The summed E-state index contributed by atoms with van der Waals surface area (Å²) in [5, 5.41) is 0. The third-order valence-corrected chi connectivity index (χ3v) is 4.62. The normalized spacial score (nSPS) is 15.3. The smallest absolute Gasteiger partial charge is 0.230 e. The molecule has 26 heavy (non-hydrogen) atoms. The van der Waals surface area contributed by atoms with Crippen LogP contribution >= 0.6 is 0 Å². The maximum absolute atomic E-state index is 13.1. The van der Waals surface area contributed by atoms with Crippen molar-refractivity contribution in [2.45, 2.75) is 12.3 Å². The SMILES string of the molecule is COc1ccc([C@@H](CC(=O)c2ccccc2)C(=O)N2CCOCC2)cc1. The Bertz CT molecular complexity index is 736. The minimum atomic E-state index is -0.508. The van der Waals surface area contributed by atoms with Gasteiger partial charge in [-0.05, 0) is 17.7 Å². The fourth-order valence-corrected chi connectivity index (χ4v) is 3.12. The molecule has 5 nitrogen and oxygen atoms in total. The van der Waals surface area contributed by atoms with Crippen LogP contribution in [0, 0.1) is 0 Å². The molecule has 0 spiro atoms. The van der Waals surface area contributed by atoms with Crippen molar-refractivity contribution in [1.29, 1.82) is 0 Å². The molecule has 1 aliphatic rings. The molecule has 0 saturated carbocycles. The van der Waals surface area contributed by atoms with Crippen LogP contribution in [0.1, 0.15) is 28.3 Å². The first kappa shape index (κ1) is 18.1. The number of morpholine rings is 1. The molecule has 0 bridgehead atoms. The number of Topliss-reactive ketones (excluding diaryl/α,β-unsaturated/α-hetero) is 1. The molecule has 1 saturated heterocycles. The summed E-state index contributed by atoms with van der Waals surface area (Å²) in [6, 6.07) is 16.5. The fraction of sp³-hybridized carbons (Fsp3) is 0.333. The second-order valence-corrected chi connectivity index (χ2v) is 6.26. The van der Waals surface area contributed by atoms with Gasteiger partial charge in [0, 0.05) is 25.1 Å². The first-order valence-corrected chi connectivity index (χ1v) is 8.78. The van der Waals surface area contributed by atoms with Crippen LogP contribution in [0.25, 0.3) is 0 Å². The largest absolute Gasteiger partial charge is 0.497 e. The van der Waals surface area contributed by atoms with E-state index in [0.29, 0.717) is 31.9 Å². The lowest BCUT2D eigenvalue weighted by atomic mass is 9.90.